The van der Waals surface area contributed by atoms with Crippen LogP contribution in [0.4, 0.5) is 0 Å². The summed E-state index contributed by atoms with van der Waals surface area (Å²) in [6.45, 7) is 2.82. The van der Waals surface area contributed by atoms with Crippen molar-refractivity contribution in [1.29, 1.82) is 0 Å². The molecular weight excluding hydrogens is 190 g/mol. The van der Waals surface area contributed by atoms with Crippen molar-refractivity contribution in [3.8, 4) is 0 Å². The molecule has 1 heterocycles. The lowest BCUT2D eigenvalue weighted by molar-refractivity contribution is -0.122. The van der Waals surface area contributed by atoms with Crippen LogP contribution >= 0.6 is 0 Å². The van der Waals surface area contributed by atoms with Gasteiger partial charge in [0.2, 0.25) is 5.91 Å². The van der Waals surface area contributed by atoms with Crippen molar-refractivity contribution in [3.05, 3.63) is 0 Å². The Kier molecular flexibility index (Phi) is 5.65. The van der Waals surface area contributed by atoms with Crippen molar-refractivity contribution in [2.24, 2.45) is 5.73 Å². The van der Waals surface area contributed by atoms with E-state index in [2.05, 4.69) is 17.3 Å². The zero-order valence-electron chi connectivity index (χ0n) is 9.67. The zero-order chi connectivity index (χ0) is 11.1. The standard InChI is InChI=1S/C11H23N3O/c1-14-8-4-5-10(9-14)13-11(15)6-2-3-7-12/h10H,2-9,12H2,1H3,(H,13,15). The third-order valence-electron chi connectivity index (χ3n) is 2.85. The maximum absolute atomic E-state index is 11.5. The van der Waals surface area contributed by atoms with Crippen LogP contribution in [0.5, 0.6) is 0 Å². The average Bonchev–Trinajstić information content (AvgIpc) is 2.18. The summed E-state index contributed by atoms with van der Waals surface area (Å²) in [7, 11) is 2.10. The highest BCUT2D eigenvalue weighted by atomic mass is 16.1. The highest BCUT2D eigenvalue weighted by Crippen LogP contribution is 2.08. The van der Waals surface area contributed by atoms with Gasteiger partial charge in [0.15, 0.2) is 0 Å². The molecule has 1 atom stereocenters. The lowest BCUT2D eigenvalue weighted by atomic mass is 10.1. The molecule has 4 heteroatoms. The second-order valence-corrected chi connectivity index (χ2v) is 4.41. The third-order valence-corrected chi connectivity index (χ3v) is 2.85. The fraction of sp³-hybridized carbons (Fsp3) is 0.909. The number of rotatable bonds is 5. The number of hydrogen-bond donors (Lipinski definition) is 2. The first-order valence-corrected chi connectivity index (χ1v) is 5.90. The van der Waals surface area contributed by atoms with Crippen molar-refractivity contribution >= 4 is 5.91 Å². The number of nitrogens with one attached hydrogen (secondary N) is 1. The molecule has 1 amide bonds. The molecule has 1 fully saturated rings. The fourth-order valence-electron chi connectivity index (χ4n) is 2.01. The van der Waals surface area contributed by atoms with Crippen LogP contribution in [-0.4, -0.2) is 43.5 Å². The van der Waals surface area contributed by atoms with Gasteiger partial charge in [-0.1, -0.05) is 0 Å². The van der Waals surface area contributed by atoms with Crippen LogP contribution in [-0.2, 0) is 4.79 Å². The minimum Gasteiger partial charge on any atom is -0.352 e. The van der Waals surface area contributed by atoms with Gasteiger partial charge < -0.3 is 16.0 Å². The Labute approximate surface area is 92.2 Å². The summed E-state index contributed by atoms with van der Waals surface area (Å²) < 4.78 is 0. The number of unbranched alkanes of at least 4 members (excludes halogenated alkanes) is 1. The van der Waals surface area contributed by atoms with E-state index in [1.54, 1.807) is 0 Å². The first kappa shape index (κ1) is 12.5. The quantitative estimate of drug-likeness (QED) is 0.647. The number of carbonyl (C=O) groups is 1. The maximum atomic E-state index is 11.5. The molecule has 3 N–H and O–H groups in total. The minimum atomic E-state index is 0.184. The Morgan fingerprint density at radius 3 is 3.00 bits per heavy atom. The largest absolute Gasteiger partial charge is 0.352 e. The lowest BCUT2D eigenvalue weighted by Crippen LogP contribution is -2.46. The summed E-state index contributed by atoms with van der Waals surface area (Å²) in [5.41, 5.74) is 5.38. The molecule has 0 radical (unpaired) electrons. The van der Waals surface area contributed by atoms with Gasteiger partial charge in [0.1, 0.15) is 0 Å². The number of nitrogens with zero attached hydrogens (tertiary/aromatic N) is 1. The molecule has 0 aromatic heterocycles. The predicted octanol–water partition coefficient (Wildman–Crippen LogP) is 0.326. The highest BCUT2D eigenvalue weighted by molar-refractivity contribution is 5.76. The molecule has 4 nitrogen and oxygen atoms in total. The van der Waals surface area contributed by atoms with Crippen LogP contribution in [0.25, 0.3) is 0 Å². The second kappa shape index (κ2) is 6.80. The van der Waals surface area contributed by atoms with Crippen LogP contribution in [0.2, 0.25) is 0 Å². The van der Waals surface area contributed by atoms with Crippen LogP contribution in [0.15, 0.2) is 0 Å². The SMILES string of the molecule is CN1CCCC(NC(=O)CCCCN)C1. The van der Waals surface area contributed by atoms with Gasteiger partial charge in [-0.15, -0.1) is 0 Å². The second-order valence-electron chi connectivity index (χ2n) is 4.41. The fourth-order valence-corrected chi connectivity index (χ4v) is 2.01. The van der Waals surface area contributed by atoms with Crippen LogP contribution in [0.1, 0.15) is 32.1 Å². The highest BCUT2D eigenvalue weighted by Gasteiger charge is 2.18. The van der Waals surface area contributed by atoms with Gasteiger partial charge >= 0.3 is 0 Å². The van der Waals surface area contributed by atoms with Crippen LogP contribution in [0, 0.1) is 0 Å². The molecule has 1 aliphatic rings. The summed E-state index contributed by atoms with van der Waals surface area (Å²) in [4.78, 5) is 13.8. The normalized spacial score (nSPS) is 22.7. The van der Waals surface area contributed by atoms with Crippen molar-refractivity contribution < 1.29 is 4.79 Å². The third kappa shape index (κ3) is 5.14. The Bertz CT molecular complexity index is 196. The van der Waals surface area contributed by atoms with Gasteiger partial charge in [0.25, 0.3) is 0 Å². The molecule has 0 aromatic rings. The average molecular weight is 213 g/mol. The number of nitrogens with two attached hydrogens (primary N) is 1. The molecule has 1 aliphatic heterocycles. The van der Waals surface area contributed by atoms with Gasteiger partial charge in [0.05, 0.1) is 0 Å². The first-order valence-electron chi connectivity index (χ1n) is 5.90. The molecule has 1 rings (SSSR count). The first-order chi connectivity index (χ1) is 7.22. The van der Waals surface area contributed by atoms with Gasteiger partial charge in [-0.25, -0.2) is 0 Å². The molecule has 0 aliphatic carbocycles. The summed E-state index contributed by atoms with van der Waals surface area (Å²) in [5, 5.41) is 3.09. The number of likely N-dealkylation sites (tertiary alicyclic amines) is 1. The number of likely N-dealkylation sites (N-methyl/N-ethyl adjacent to an activating group) is 1. The predicted molar refractivity (Wildman–Crippen MR) is 61.6 cm³/mol. The van der Waals surface area contributed by atoms with E-state index in [1.807, 2.05) is 0 Å². The molecule has 1 unspecified atom stereocenters. The molecular formula is C11H23N3O. The smallest absolute Gasteiger partial charge is 0.220 e. The summed E-state index contributed by atoms with van der Waals surface area (Å²) in [6, 6.07) is 0.356. The number of carbonyl (C=O) groups excluding carboxylic acids is 1. The van der Waals surface area contributed by atoms with E-state index in [0.29, 0.717) is 19.0 Å². The van der Waals surface area contributed by atoms with Gasteiger partial charge in [0, 0.05) is 19.0 Å². The van der Waals surface area contributed by atoms with Crippen molar-refractivity contribution in [1.82, 2.24) is 10.2 Å². The lowest BCUT2D eigenvalue weighted by Gasteiger charge is -2.30. The van der Waals surface area contributed by atoms with Crippen molar-refractivity contribution in [2.45, 2.75) is 38.1 Å². The molecule has 0 spiro atoms. The summed E-state index contributed by atoms with van der Waals surface area (Å²) >= 11 is 0. The van der Waals surface area contributed by atoms with Gasteiger partial charge in [-0.05, 0) is 45.8 Å². The Hall–Kier alpha value is -0.610. The Balaban J connectivity index is 2.13. The number of amides is 1. The molecule has 0 aromatic carbocycles. The van der Waals surface area contributed by atoms with Gasteiger partial charge in [-0.2, -0.15) is 0 Å². The maximum Gasteiger partial charge on any atom is 0.220 e. The van der Waals surface area contributed by atoms with E-state index < -0.39 is 0 Å². The van der Waals surface area contributed by atoms with Gasteiger partial charge in [-0.3, -0.25) is 4.79 Å². The Morgan fingerprint density at radius 1 is 1.53 bits per heavy atom. The zero-order valence-corrected chi connectivity index (χ0v) is 9.67. The Morgan fingerprint density at radius 2 is 2.33 bits per heavy atom. The van der Waals surface area contributed by atoms with E-state index >= 15 is 0 Å². The molecule has 1 saturated heterocycles. The van der Waals surface area contributed by atoms with E-state index in [-0.39, 0.29) is 5.91 Å². The van der Waals surface area contributed by atoms with Crippen molar-refractivity contribution in [2.75, 3.05) is 26.7 Å². The number of piperidine rings is 1. The summed E-state index contributed by atoms with van der Waals surface area (Å²) in [5.74, 6) is 0.184. The molecule has 0 saturated carbocycles. The van der Waals surface area contributed by atoms with Crippen molar-refractivity contribution in [3.63, 3.8) is 0 Å². The van der Waals surface area contributed by atoms with E-state index in [4.69, 9.17) is 5.73 Å². The summed E-state index contributed by atoms with van der Waals surface area (Å²) in [6.07, 6.45) is 4.78. The topological polar surface area (TPSA) is 58.4 Å². The number of hydrogen-bond acceptors (Lipinski definition) is 3. The van der Waals surface area contributed by atoms with Crippen LogP contribution in [0.3, 0.4) is 0 Å². The molecule has 15 heavy (non-hydrogen) atoms. The van der Waals surface area contributed by atoms with E-state index in [1.165, 1.54) is 6.42 Å². The van der Waals surface area contributed by atoms with E-state index in [0.717, 1.165) is 32.4 Å². The molecule has 88 valence electrons. The monoisotopic (exact) mass is 213 g/mol. The molecule has 0 bridgehead atoms. The van der Waals surface area contributed by atoms with Crippen LogP contribution < -0.4 is 11.1 Å². The van der Waals surface area contributed by atoms with E-state index in [9.17, 15) is 4.79 Å². The minimum absolute atomic E-state index is 0.184.